The molecule has 1 N–H and O–H groups in total. The highest BCUT2D eigenvalue weighted by atomic mass is 16.5. The monoisotopic (exact) mass is 296 g/mol. The zero-order chi connectivity index (χ0) is 15.1. The first kappa shape index (κ1) is 12.9. The van der Waals surface area contributed by atoms with Crippen LogP contribution in [0, 0.1) is 0 Å². The van der Waals surface area contributed by atoms with Crippen LogP contribution >= 0.6 is 0 Å². The molecule has 3 aromatic rings. The van der Waals surface area contributed by atoms with E-state index in [1.54, 1.807) is 10.7 Å². The van der Waals surface area contributed by atoms with Crippen molar-refractivity contribution in [3.05, 3.63) is 54.0 Å². The summed E-state index contributed by atoms with van der Waals surface area (Å²) in [5.74, 6) is 0.785. The minimum Gasteiger partial charge on any atom is -0.491 e. The third kappa shape index (κ3) is 2.04. The number of hydrogen-bond acceptors (Lipinski definition) is 3. The van der Waals surface area contributed by atoms with E-state index in [-0.39, 0.29) is 11.9 Å². The summed E-state index contributed by atoms with van der Waals surface area (Å²) in [4.78, 5) is 12.5. The Morgan fingerprint density at radius 3 is 3.14 bits per heavy atom. The van der Waals surface area contributed by atoms with Crippen molar-refractivity contribution in [1.29, 1.82) is 0 Å². The van der Waals surface area contributed by atoms with Crippen LogP contribution in [-0.4, -0.2) is 32.7 Å². The lowest BCUT2D eigenvalue weighted by Gasteiger charge is -2.25. The maximum Gasteiger partial charge on any atom is 0.257 e. The van der Waals surface area contributed by atoms with Crippen LogP contribution in [0.5, 0.6) is 5.75 Å². The SMILES string of the molecule is Cn1ccn2ncc(C(=O)NC3COc4ccccc4C3)c12. The van der Waals surface area contributed by atoms with E-state index in [1.807, 2.05) is 48.3 Å². The lowest BCUT2D eigenvalue weighted by Crippen LogP contribution is -2.42. The third-order valence-electron chi connectivity index (χ3n) is 3.99. The van der Waals surface area contributed by atoms with Crippen molar-refractivity contribution in [2.75, 3.05) is 6.61 Å². The molecule has 1 aliphatic heterocycles. The Morgan fingerprint density at radius 1 is 1.36 bits per heavy atom. The fourth-order valence-corrected chi connectivity index (χ4v) is 2.89. The quantitative estimate of drug-likeness (QED) is 0.778. The van der Waals surface area contributed by atoms with Crippen molar-refractivity contribution in [3.8, 4) is 5.75 Å². The van der Waals surface area contributed by atoms with Gasteiger partial charge in [0.1, 0.15) is 23.6 Å². The molecular formula is C16H16N4O2. The number of aryl methyl sites for hydroxylation is 1. The normalized spacial score (nSPS) is 17.0. The van der Waals surface area contributed by atoms with E-state index in [1.165, 1.54) is 0 Å². The number of benzene rings is 1. The van der Waals surface area contributed by atoms with Gasteiger partial charge in [-0.2, -0.15) is 5.10 Å². The highest BCUT2D eigenvalue weighted by Crippen LogP contribution is 2.24. The van der Waals surface area contributed by atoms with Crippen molar-refractivity contribution in [2.45, 2.75) is 12.5 Å². The average Bonchev–Trinajstić information content (AvgIpc) is 3.10. The fourth-order valence-electron chi connectivity index (χ4n) is 2.89. The number of nitrogens with one attached hydrogen (secondary N) is 1. The van der Waals surface area contributed by atoms with E-state index in [4.69, 9.17) is 4.74 Å². The summed E-state index contributed by atoms with van der Waals surface area (Å²) in [7, 11) is 1.90. The van der Waals surface area contributed by atoms with E-state index in [2.05, 4.69) is 10.4 Å². The molecule has 22 heavy (non-hydrogen) atoms. The first-order valence-corrected chi connectivity index (χ1v) is 7.22. The highest BCUT2D eigenvalue weighted by Gasteiger charge is 2.23. The molecule has 112 valence electrons. The largest absolute Gasteiger partial charge is 0.491 e. The standard InChI is InChI=1S/C16H16N4O2/c1-19-6-7-20-16(19)13(9-17-20)15(21)18-12-8-11-4-2-3-5-14(11)22-10-12/h2-7,9,12H,8,10H2,1H3,(H,18,21). The number of aromatic nitrogens is 3. The summed E-state index contributed by atoms with van der Waals surface area (Å²) in [6, 6.07) is 7.90. The molecule has 0 radical (unpaired) electrons. The van der Waals surface area contributed by atoms with E-state index < -0.39 is 0 Å². The van der Waals surface area contributed by atoms with Crippen LogP contribution < -0.4 is 10.1 Å². The van der Waals surface area contributed by atoms with Crippen molar-refractivity contribution in [1.82, 2.24) is 19.5 Å². The Morgan fingerprint density at radius 2 is 2.23 bits per heavy atom. The minimum absolute atomic E-state index is 0.0300. The van der Waals surface area contributed by atoms with Crippen LogP contribution in [0.25, 0.3) is 5.65 Å². The Balaban J connectivity index is 1.54. The number of hydrogen-bond donors (Lipinski definition) is 1. The Kier molecular flexibility index (Phi) is 2.89. The molecule has 4 rings (SSSR count). The van der Waals surface area contributed by atoms with Gasteiger partial charge in [-0.15, -0.1) is 0 Å². The predicted octanol–water partition coefficient (Wildman–Crippen LogP) is 1.41. The van der Waals surface area contributed by atoms with Gasteiger partial charge >= 0.3 is 0 Å². The van der Waals surface area contributed by atoms with Crippen LogP contribution in [0.3, 0.4) is 0 Å². The van der Waals surface area contributed by atoms with Gasteiger partial charge in [0.15, 0.2) is 0 Å². The molecule has 1 atom stereocenters. The Bertz CT molecular complexity index is 849. The second-order valence-electron chi connectivity index (χ2n) is 5.53. The van der Waals surface area contributed by atoms with E-state index >= 15 is 0 Å². The molecule has 0 spiro atoms. The first-order valence-electron chi connectivity index (χ1n) is 7.22. The second kappa shape index (κ2) is 4.91. The van der Waals surface area contributed by atoms with E-state index in [0.717, 1.165) is 23.4 Å². The fraction of sp³-hybridized carbons (Fsp3) is 0.250. The number of fused-ring (bicyclic) bond motifs is 2. The van der Waals surface area contributed by atoms with Gasteiger partial charge in [-0.05, 0) is 18.1 Å². The molecule has 2 aromatic heterocycles. The van der Waals surface area contributed by atoms with Crippen molar-refractivity contribution >= 4 is 11.6 Å². The molecule has 0 aliphatic carbocycles. The van der Waals surface area contributed by atoms with E-state index in [9.17, 15) is 4.79 Å². The summed E-state index contributed by atoms with van der Waals surface area (Å²) in [5, 5.41) is 7.23. The summed E-state index contributed by atoms with van der Waals surface area (Å²) in [6.45, 7) is 0.486. The molecule has 6 nitrogen and oxygen atoms in total. The van der Waals surface area contributed by atoms with Crippen LogP contribution in [-0.2, 0) is 13.5 Å². The number of rotatable bonds is 2. The Labute approximate surface area is 127 Å². The lowest BCUT2D eigenvalue weighted by molar-refractivity contribution is 0.0916. The predicted molar refractivity (Wildman–Crippen MR) is 81.1 cm³/mol. The van der Waals surface area contributed by atoms with Crippen molar-refractivity contribution in [3.63, 3.8) is 0 Å². The van der Waals surface area contributed by atoms with Crippen LogP contribution in [0.15, 0.2) is 42.9 Å². The molecule has 0 saturated carbocycles. The zero-order valence-corrected chi connectivity index (χ0v) is 12.2. The van der Waals surface area contributed by atoms with Gasteiger partial charge in [0.2, 0.25) is 0 Å². The van der Waals surface area contributed by atoms with E-state index in [0.29, 0.717) is 12.2 Å². The number of imidazole rings is 1. The molecule has 0 saturated heterocycles. The van der Waals surface area contributed by atoms with Gasteiger partial charge in [-0.25, -0.2) is 4.52 Å². The number of nitrogens with zero attached hydrogens (tertiary/aromatic N) is 3. The summed E-state index contributed by atoms with van der Waals surface area (Å²) < 4.78 is 9.29. The smallest absolute Gasteiger partial charge is 0.257 e. The lowest BCUT2D eigenvalue weighted by atomic mass is 10.0. The van der Waals surface area contributed by atoms with Gasteiger partial charge in [0.25, 0.3) is 5.91 Å². The van der Waals surface area contributed by atoms with Crippen molar-refractivity contribution < 1.29 is 9.53 Å². The second-order valence-corrected chi connectivity index (χ2v) is 5.53. The minimum atomic E-state index is -0.121. The summed E-state index contributed by atoms with van der Waals surface area (Å²) in [5.41, 5.74) is 2.49. The molecule has 1 amide bonds. The number of carbonyl (C=O) groups excluding carboxylic acids is 1. The molecule has 6 heteroatoms. The van der Waals surface area contributed by atoms with Crippen LogP contribution in [0.1, 0.15) is 15.9 Å². The first-order chi connectivity index (χ1) is 10.7. The van der Waals surface area contributed by atoms with Gasteiger partial charge in [0.05, 0.1) is 12.2 Å². The van der Waals surface area contributed by atoms with Crippen molar-refractivity contribution in [2.24, 2.45) is 7.05 Å². The number of ether oxygens (including phenoxy) is 1. The summed E-state index contributed by atoms with van der Waals surface area (Å²) >= 11 is 0. The van der Waals surface area contributed by atoms with Gasteiger partial charge in [-0.3, -0.25) is 4.79 Å². The van der Waals surface area contributed by atoms with Gasteiger partial charge < -0.3 is 14.6 Å². The Hall–Kier alpha value is -2.76. The molecular weight excluding hydrogens is 280 g/mol. The zero-order valence-electron chi connectivity index (χ0n) is 12.2. The highest BCUT2D eigenvalue weighted by molar-refractivity contribution is 6.00. The molecule has 1 aromatic carbocycles. The topological polar surface area (TPSA) is 60.6 Å². The van der Waals surface area contributed by atoms with Gasteiger partial charge in [0, 0.05) is 19.4 Å². The molecule has 0 bridgehead atoms. The average molecular weight is 296 g/mol. The number of amides is 1. The molecule has 1 unspecified atom stereocenters. The molecule has 1 aliphatic rings. The maximum atomic E-state index is 12.5. The van der Waals surface area contributed by atoms with Gasteiger partial charge in [-0.1, -0.05) is 18.2 Å². The summed E-state index contributed by atoms with van der Waals surface area (Å²) in [6.07, 6.45) is 6.08. The molecule has 0 fully saturated rings. The van der Waals surface area contributed by atoms with Crippen LogP contribution in [0.2, 0.25) is 0 Å². The molecule has 3 heterocycles. The third-order valence-corrected chi connectivity index (χ3v) is 3.99. The number of carbonyl (C=O) groups is 1. The van der Waals surface area contributed by atoms with Crippen LogP contribution in [0.4, 0.5) is 0 Å². The maximum absolute atomic E-state index is 12.5. The number of para-hydroxylation sites is 1.